The fraction of sp³-hybridized carbons (Fsp3) is 0.524. The first kappa shape index (κ1) is 16.9. The van der Waals surface area contributed by atoms with Gasteiger partial charge in [0.25, 0.3) is 0 Å². The van der Waals surface area contributed by atoms with E-state index in [1.807, 2.05) is 0 Å². The molecule has 0 unspecified atom stereocenters. The van der Waals surface area contributed by atoms with Crippen molar-refractivity contribution < 1.29 is 10.2 Å². The molecule has 24 heavy (non-hydrogen) atoms. The van der Waals surface area contributed by atoms with E-state index in [-0.39, 0.29) is 17.4 Å². The van der Waals surface area contributed by atoms with Crippen LogP contribution in [0.4, 0.5) is 5.69 Å². The van der Waals surface area contributed by atoms with Gasteiger partial charge in [-0.3, -0.25) is 0 Å². The molecule has 0 spiro atoms. The van der Waals surface area contributed by atoms with E-state index in [4.69, 9.17) is 0 Å². The van der Waals surface area contributed by atoms with Crippen LogP contribution in [0.3, 0.4) is 0 Å². The third kappa shape index (κ3) is 2.81. The maximum atomic E-state index is 10.7. The molecule has 1 aromatic carbocycles. The number of anilines is 1. The van der Waals surface area contributed by atoms with Crippen molar-refractivity contribution in [2.24, 2.45) is 5.92 Å². The fourth-order valence-electron chi connectivity index (χ4n) is 4.46. The van der Waals surface area contributed by atoms with Crippen LogP contribution in [0.1, 0.15) is 69.4 Å². The van der Waals surface area contributed by atoms with Crippen LogP contribution >= 0.6 is 0 Å². The molecule has 3 N–H and O–H groups in total. The van der Waals surface area contributed by atoms with Gasteiger partial charge in [0, 0.05) is 35.3 Å². The fourth-order valence-corrected chi connectivity index (χ4v) is 4.46. The molecule has 2 aliphatic rings. The average molecular weight is 327 g/mol. The molecule has 1 aromatic rings. The molecule has 0 radical (unpaired) electrons. The number of fused-ring (bicyclic) bond motifs is 1. The van der Waals surface area contributed by atoms with E-state index in [9.17, 15) is 10.2 Å². The van der Waals surface area contributed by atoms with Gasteiger partial charge in [-0.05, 0) is 51.4 Å². The normalized spacial score (nSPS) is 26.3. The summed E-state index contributed by atoms with van der Waals surface area (Å²) in [6, 6.07) is 1.54. The summed E-state index contributed by atoms with van der Waals surface area (Å²) >= 11 is 0. The lowest BCUT2D eigenvalue weighted by molar-refractivity contribution is 0.418. The van der Waals surface area contributed by atoms with E-state index in [1.165, 1.54) is 11.6 Å². The van der Waals surface area contributed by atoms with E-state index in [2.05, 4.69) is 38.7 Å². The van der Waals surface area contributed by atoms with Crippen LogP contribution in [0.5, 0.6) is 11.5 Å². The van der Waals surface area contributed by atoms with Gasteiger partial charge in [0.15, 0.2) is 0 Å². The molecule has 3 rings (SSSR count). The third-order valence-electron chi connectivity index (χ3n) is 5.77. The molecule has 0 bridgehead atoms. The zero-order valence-electron chi connectivity index (χ0n) is 15.0. The van der Waals surface area contributed by atoms with Gasteiger partial charge < -0.3 is 15.5 Å². The van der Waals surface area contributed by atoms with Gasteiger partial charge in [-0.1, -0.05) is 30.7 Å². The van der Waals surface area contributed by atoms with Crippen molar-refractivity contribution in [3.05, 3.63) is 41.0 Å². The monoisotopic (exact) mass is 327 g/mol. The molecule has 130 valence electrons. The van der Waals surface area contributed by atoms with Gasteiger partial charge in [0.1, 0.15) is 11.5 Å². The molecule has 0 saturated carbocycles. The molecule has 1 aliphatic heterocycles. The van der Waals surface area contributed by atoms with Crippen LogP contribution in [0.25, 0.3) is 0 Å². The summed E-state index contributed by atoms with van der Waals surface area (Å²) in [5.74, 6) is 1.20. The second-order valence-corrected chi connectivity index (χ2v) is 7.47. The predicted octanol–water partition coefficient (Wildman–Crippen LogP) is 5.42. The number of hydrogen-bond acceptors (Lipinski definition) is 3. The Hall–Kier alpha value is -1.90. The summed E-state index contributed by atoms with van der Waals surface area (Å²) in [4.78, 5) is 0. The number of aromatic hydroxyl groups is 2. The molecule has 3 heteroatoms. The van der Waals surface area contributed by atoms with Crippen molar-refractivity contribution in [1.82, 2.24) is 0 Å². The Morgan fingerprint density at radius 2 is 1.96 bits per heavy atom. The summed E-state index contributed by atoms with van der Waals surface area (Å²) in [6.45, 7) is 11.5. The third-order valence-corrected chi connectivity index (χ3v) is 5.77. The minimum absolute atomic E-state index is 0.119. The van der Waals surface area contributed by atoms with E-state index in [0.29, 0.717) is 11.8 Å². The Morgan fingerprint density at radius 1 is 1.25 bits per heavy atom. The molecular formula is C21H29NO2. The topological polar surface area (TPSA) is 52.5 Å². The second kappa shape index (κ2) is 6.54. The molecule has 0 fully saturated rings. The van der Waals surface area contributed by atoms with Crippen molar-refractivity contribution in [2.45, 2.75) is 58.3 Å². The summed E-state index contributed by atoms with van der Waals surface area (Å²) in [5.41, 5.74) is 5.39. The van der Waals surface area contributed by atoms with Crippen LogP contribution in [0, 0.1) is 5.92 Å². The van der Waals surface area contributed by atoms with E-state index in [1.54, 1.807) is 0 Å². The average Bonchev–Trinajstić information content (AvgIpc) is 2.53. The molecule has 3 nitrogen and oxygen atoms in total. The lowest BCUT2D eigenvalue weighted by Crippen LogP contribution is -2.23. The van der Waals surface area contributed by atoms with Crippen LogP contribution in [-0.4, -0.2) is 16.8 Å². The number of allylic oxidation sites excluding steroid dienone is 3. The maximum Gasteiger partial charge on any atom is 0.125 e. The summed E-state index contributed by atoms with van der Waals surface area (Å²) in [7, 11) is 0. The Balaban J connectivity index is 2.20. The van der Waals surface area contributed by atoms with E-state index in [0.717, 1.165) is 54.6 Å². The Morgan fingerprint density at radius 3 is 2.62 bits per heavy atom. The number of hydrogen-bond donors (Lipinski definition) is 3. The lowest BCUT2D eigenvalue weighted by atomic mass is 9.72. The molecule has 0 saturated heterocycles. The quantitative estimate of drug-likeness (QED) is 0.649. The van der Waals surface area contributed by atoms with Crippen LogP contribution in [-0.2, 0) is 0 Å². The van der Waals surface area contributed by atoms with Crippen molar-refractivity contribution in [3.8, 4) is 11.5 Å². The van der Waals surface area contributed by atoms with Gasteiger partial charge in [0.2, 0.25) is 0 Å². The molecule has 3 atom stereocenters. The first-order chi connectivity index (χ1) is 11.4. The molecule has 0 aromatic heterocycles. The molecule has 1 aliphatic carbocycles. The van der Waals surface area contributed by atoms with Gasteiger partial charge in [0.05, 0.1) is 0 Å². The van der Waals surface area contributed by atoms with Crippen molar-refractivity contribution in [2.75, 3.05) is 11.9 Å². The minimum atomic E-state index is 0.119. The first-order valence-corrected chi connectivity index (χ1v) is 9.09. The lowest BCUT2D eigenvalue weighted by Gasteiger charge is -2.35. The highest BCUT2D eigenvalue weighted by Crippen LogP contribution is 2.51. The molecule has 1 heterocycles. The van der Waals surface area contributed by atoms with Gasteiger partial charge >= 0.3 is 0 Å². The summed E-state index contributed by atoms with van der Waals surface area (Å²) in [6.07, 6.45) is 6.45. The number of benzene rings is 1. The highest BCUT2D eigenvalue weighted by atomic mass is 16.3. The maximum absolute atomic E-state index is 10.7. The van der Waals surface area contributed by atoms with Crippen molar-refractivity contribution in [3.63, 3.8) is 0 Å². The van der Waals surface area contributed by atoms with Gasteiger partial charge in [-0.15, -0.1) is 0 Å². The largest absolute Gasteiger partial charge is 0.507 e. The predicted molar refractivity (Wildman–Crippen MR) is 99.9 cm³/mol. The van der Waals surface area contributed by atoms with Crippen LogP contribution in [0.2, 0.25) is 0 Å². The number of phenols is 2. The van der Waals surface area contributed by atoms with Crippen molar-refractivity contribution in [1.29, 1.82) is 0 Å². The van der Waals surface area contributed by atoms with E-state index >= 15 is 0 Å². The Bertz CT molecular complexity index is 690. The second-order valence-electron chi connectivity index (χ2n) is 7.47. The van der Waals surface area contributed by atoms with Gasteiger partial charge in [-0.25, -0.2) is 0 Å². The molecule has 0 amide bonds. The molecular weight excluding hydrogens is 298 g/mol. The summed E-state index contributed by atoms with van der Waals surface area (Å²) in [5, 5.41) is 24.6. The highest BCUT2D eigenvalue weighted by Gasteiger charge is 2.34. The van der Waals surface area contributed by atoms with E-state index < -0.39 is 0 Å². The van der Waals surface area contributed by atoms with Crippen molar-refractivity contribution >= 4 is 5.69 Å². The number of rotatable bonds is 3. The zero-order chi connectivity index (χ0) is 17.4. The first-order valence-electron chi connectivity index (χ1n) is 9.09. The SMILES string of the molecule is C=C(C)[C@@H]1CCC(C)=C[C@H]1c1c(O)cc(O)c2c1NCC[C@H]2CC. The zero-order valence-corrected chi connectivity index (χ0v) is 15.0. The summed E-state index contributed by atoms with van der Waals surface area (Å²) < 4.78 is 0. The number of phenolic OH excluding ortho intramolecular Hbond substituents is 2. The minimum Gasteiger partial charge on any atom is -0.507 e. The Kier molecular flexibility index (Phi) is 4.62. The Labute approximate surface area is 145 Å². The number of nitrogens with one attached hydrogen (secondary N) is 1. The smallest absolute Gasteiger partial charge is 0.125 e. The van der Waals surface area contributed by atoms with Gasteiger partial charge in [-0.2, -0.15) is 0 Å². The highest BCUT2D eigenvalue weighted by molar-refractivity contribution is 5.71. The van der Waals surface area contributed by atoms with Crippen LogP contribution in [0.15, 0.2) is 29.9 Å². The standard InChI is InChI=1S/C21H29NO2/c1-5-14-8-9-22-21-19(14)17(23)11-18(24)20(21)16-10-13(4)6-7-15(16)12(2)3/h10-11,14-16,22-24H,2,5-9H2,1,3-4H3/t14-,15+,16-/m1/s1. The van der Waals surface area contributed by atoms with Crippen LogP contribution < -0.4 is 5.32 Å².